The predicted octanol–water partition coefficient (Wildman–Crippen LogP) is 2.66. The Morgan fingerprint density at radius 3 is 2.70 bits per heavy atom. The molecule has 0 aliphatic heterocycles. The first kappa shape index (κ1) is 19.3. The van der Waals surface area contributed by atoms with Gasteiger partial charge >= 0.3 is 0 Å². The molecule has 0 saturated carbocycles. The number of fused-ring (bicyclic) bond motifs is 1. The quantitative estimate of drug-likeness (QED) is 0.764. The Hall–Kier alpha value is -2.44. The Labute approximate surface area is 159 Å². The average molecular weight is 370 g/mol. The lowest BCUT2D eigenvalue weighted by Crippen LogP contribution is -2.33. The van der Waals surface area contributed by atoms with E-state index in [0.717, 1.165) is 11.1 Å². The van der Waals surface area contributed by atoms with E-state index in [-0.39, 0.29) is 11.5 Å². The lowest BCUT2D eigenvalue weighted by Gasteiger charge is -2.19. The molecule has 2 aromatic rings. The van der Waals surface area contributed by atoms with Crippen molar-refractivity contribution in [3.8, 4) is 5.88 Å². The zero-order valence-electron chi connectivity index (χ0n) is 15.9. The van der Waals surface area contributed by atoms with Gasteiger partial charge in [0.1, 0.15) is 6.61 Å². The van der Waals surface area contributed by atoms with E-state index in [2.05, 4.69) is 10.3 Å². The Kier molecular flexibility index (Phi) is 5.77. The number of aromatic nitrogens is 1. The van der Waals surface area contributed by atoms with Crippen molar-refractivity contribution in [1.82, 2.24) is 10.3 Å². The number of aliphatic hydroxyl groups excluding tert-OH is 1. The number of carbonyl (C=O) groups is 1. The highest BCUT2D eigenvalue weighted by atomic mass is 16.5. The molecule has 1 aromatic carbocycles. The number of nitrogens with one attached hydrogen (secondary N) is 1. The molecule has 1 heterocycles. The van der Waals surface area contributed by atoms with Gasteiger partial charge in [-0.15, -0.1) is 0 Å². The Morgan fingerprint density at radius 1 is 1.22 bits per heavy atom. The minimum Gasteiger partial charge on any atom is -0.475 e. The molecule has 27 heavy (non-hydrogen) atoms. The molecular formula is C21H26N2O4. The number of pyridine rings is 1. The number of benzene rings is 1. The van der Waals surface area contributed by atoms with Gasteiger partial charge in [-0.2, -0.15) is 0 Å². The van der Waals surface area contributed by atoms with Crippen molar-refractivity contribution in [3.63, 3.8) is 0 Å². The minimum absolute atomic E-state index is 0.206. The molecule has 3 rings (SSSR count). The van der Waals surface area contributed by atoms with E-state index in [4.69, 9.17) is 9.47 Å². The van der Waals surface area contributed by atoms with E-state index >= 15 is 0 Å². The highest BCUT2D eigenvalue weighted by Gasteiger charge is 2.32. The summed E-state index contributed by atoms with van der Waals surface area (Å²) in [5, 5.41) is 13.2. The van der Waals surface area contributed by atoms with Crippen LogP contribution in [0.25, 0.3) is 0 Å². The van der Waals surface area contributed by atoms with Crippen LogP contribution in [0, 0.1) is 0 Å². The predicted molar refractivity (Wildman–Crippen MR) is 102 cm³/mol. The van der Waals surface area contributed by atoms with Gasteiger partial charge in [-0.25, -0.2) is 4.98 Å². The van der Waals surface area contributed by atoms with Crippen LogP contribution in [0.2, 0.25) is 0 Å². The molecule has 2 atom stereocenters. The van der Waals surface area contributed by atoms with Crippen molar-refractivity contribution < 1.29 is 19.4 Å². The SMILES string of the molecule is CC(C)(C)OCCOc1ccc(C(=O)NC2c3ccccc3CC2O)cn1. The average Bonchev–Trinajstić information content (AvgIpc) is 2.94. The van der Waals surface area contributed by atoms with Crippen molar-refractivity contribution in [2.24, 2.45) is 0 Å². The van der Waals surface area contributed by atoms with Crippen LogP contribution in [-0.4, -0.2) is 40.9 Å². The van der Waals surface area contributed by atoms with Crippen molar-refractivity contribution in [2.45, 2.75) is 44.9 Å². The first-order chi connectivity index (χ1) is 12.8. The van der Waals surface area contributed by atoms with E-state index in [9.17, 15) is 9.90 Å². The third kappa shape index (κ3) is 5.05. The molecule has 1 aliphatic rings. The number of carbonyl (C=O) groups excluding carboxylic acids is 1. The van der Waals surface area contributed by atoms with Gasteiger partial charge < -0.3 is 19.9 Å². The first-order valence-corrected chi connectivity index (χ1v) is 9.13. The second kappa shape index (κ2) is 8.06. The standard InChI is InChI=1S/C21H26N2O4/c1-21(2,3)27-11-10-26-18-9-8-15(13-22-18)20(25)23-19-16-7-5-4-6-14(16)12-17(19)24/h4-9,13,17,19,24H,10-12H2,1-3H3,(H,23,25). The summed E-state index contributed by atoms with van der Waals surface area (Å²) in [6, 6.07) is 10.7. The number of ether oxygens (including phenoxy) is 2. The Bertz CT molecular complexity index is 784. The van der Waals surface area contributed by atoms with Crippen LogP contribution in [0.4, 0.5) is 0 Å². The fourth-order valence-electron chi connectivity index (χ4n) is 3.07. The van der Waals surface area contributed by atoms with Gasteiger partial charge in [-0.1, -0.05) is 24.3 Å². The third-order valence-electron chi connectivity index (χ3n) is 4.36. The number of aliphatic hydroxyl groups is 1. The van der Waals surface area contributed by atoms with E-state index in [1.807, 2.05) is 45.0 Å². The molecule has 6 nitrogen and oxygen atoms in total. The molecule has 0 saturated heterocycles. The number of amides is 1. The summed E-state index contributed by atoms with van der Waals surface area (Å²) in [7, 11) is 0. The number of rotatable bonds is 6. The van der Waals surface area contributed by atoms with E-state index in [1.165, 1.54) is 6.20 Å². The molecule has 2 N–H and O–H groups in total. The molecular weight excluding hydrogens is 344 g/mol. The molecule has 1 amide bonds. The zero-order chi connectivity index (χ0) is 19.4. The van der Waals surface area contributed by atoms with Crippen molar-refractivity contribution in [2.75, 3.05) is 13.2 Å². The number of nitrogens with zero attached hydrogens (tertiary/aromatic N) is 1. The maximum absolute atomic E-state index is 12.5. The molecule has 0 spiro atoms. The summed E-state index contributed by atoms with van der Waals surface area (Å²) < 4.78 is 11.1. The van der Waals surface area contributed by atoms with Gasteiger partial charge in [0.2, 0.25) is 5.88 Å². The normalized spacial score (nSPS) is 18.8. The maximum atomic E-state index is 12.5. The van der Waals surface area contributed by atoms with Gasteiger partial charge in [0.15, 0.2) is 0 Å². The van der Waals surface area contributed by atoms with Gasteiger partial charge in [0.05, 0.1) is 29.9 Å². The monoisotopic (exact) mass is 370 g/mol. The van der Waals surface area contributed by atoms with Crippen molar-refractivity contribution in [1.29, 1.82) is 0 Å². The van der Waals surface area contributed by atoms with Crippen LogP contribution in [0.5, 0.6) is 5.88 Å². The van der Waals surface area contributed by atoms with E-state index < -0.39 is 12.1 Å². The van der Waals surface area contributed by atoms with Gasteiger partial charge in [-0.05, 0) is 38.0 Å². The van der Waals surface area contributed by atoms with E-state index in [0.29, 0.717) is 31.1 Å². The van der Waals surface area contributed by atoms with E-state index in [1.54, 1.807) is 12.1 Å². The smallest absolute Gasteiger partial charge is 0.253 e. The minimum atomic E-state index is -0.621. The summed E-state index contributed by atoms with van der Waals surface area (Å²) >= 11 is 0. The molecule has 0 radical (unpaired) electrons. The molecule has 2 unspecified atom stereocenters. The van der Waals surface area contributed by atoms with Crippen molar-refractivity contribution in [3.05, 3.63) is 59.3 Å². The first-order valence-electron chi connectivity index (χ1n) is 9.13. The highest BCUT2D eigenvalue weighted by Crippen LogP contribution is 2.31. The fraction of sp³-hybridized carbons (Fsp3) is 0.429. The van der Waals surface area contributed by atoms with Crippen LogP contribution in [0.15, 0.2) is 42.6 Å². The summed E-state index contributed by atoms with van der Waals surface area (Å²) in [6.07, 6.45) is 1.40. The molecule has 0 bridgehead atoms. The van der Waals surface area contributed by atoms with Crippen LogP contribution in [-0.2, 0) is 11.2 Å². The number of hydrogen-bond donors (Lipinski definition) is 2. The highest BCUT2D eigenvalue weighted by molar-refractivity contribution is 5.94. The summed E-state index contributed by atoms with van der Waals surface area (Å²) in [6.45, 7) is 6.81. The largest absolute Gasteiger partial charge is 0.475 e. The molecule has 0 fully saturated rings. The van der Waals surface area contributed by atoms with Crippen molar-refractivity contribution >= 4 is 5.91 Å². The third-order valence-corrected chi connectivity index (χ3v) is 4.36. The zero-order valence-corrected chi connectivity index (χ0v) is 15.9. The number of hydrogen-bond acceptors (Lipinski definition) is 5. The summed E-state index contributed by atoms with van der Waals surface area (Å²) in [5.41, 5.74) is 2.24. The Morgan fingerprint density at radius 2 is 2.00 bits per heavy atom. The lowest BCUT2D eigenvalue weighted by molar-refractivity contribution is -0.0168. The van der Waals surface area contributed by atoms with Gasteiger partial charge in [0, 0.05) is 18.7 Å². The molecule has 6 heteroatoms. The second-order valence-electron chi connectivity index (χ2n) is 7.62. The van der Waals surface area contributed by atoms with Crippen LogP contribution in [0.1, 0.15) is 48.3 Å². The molecule has 1 aromatic heterocycles. The fourth-order valence-corrected chi connectivity index (χ4v) is 3.07. The van der Waals surface area contributed by atoms with Crippen LogP contribution >= 0.6 is 0 Å². The maximum Gasteiger partial charge on any atom is 0.253 e. The van der Waals surface area contributed by atoms with Gasteiger partial charge in [0.25, 0.3) is 5.91 Å². The second-order valence-corrected chi connectivity index (χ2v) is 7.62. The summed E-state index contributed by atoms with van der Waals surface area (Å²) in [4.78, 5) is 16.7. The topological polar surface area (TPSA) is 80.7 Å². The Balaban J connectivity index is 1.55. The molecule has 144 valence electrons. The van der Waals surface area contributed by atoms with Crippen LogP contribution < -0.4 is 10.1 Å². The summed E-state index contributed by atoms with van der Waals surface area (Å²) in [5.74, 6) is 0.168. The van der Waals surface area contributed by atoms with Crippen LogP contribution in [0.3, 0.4) is 0 Å². The molecule has 1 aliphatic carbocycles. The van der Waals surface area contributed by atoms with Gasteiger partial charge in [-0.3, -0.25) is 4.79 Å². The lowest BCUT2D eigenvalue weighted by atomic mass is 10.1.